The van der Waals surface area contributed by atoms with Gasteiger partial charge in [-0.05, 0) is 43.5 Å². The number of fused-ring (bicyclic) bond motifs is 1. The fourth-order valence-electron chi connectivity index (χ4n) is 5.18. The molecule has 0 radical (unpaired) electrons. The number of rotatable bonds is 5. The van der Waals surface area contributed by atoms with Crippen molar-refractivity contribution >= 4 is 23.7 Å². The predicted octanol–water partition coefficient (Wildman–Crippen LogP) is 5.32. The number of nitrogens with zero attached hydrogens (tertiary/aromatic N) is 3. The van der Waals surface area contributed by atoms with Gasteiger partial charge in [-0.1, -0.05) is 91.0 Å². The summed E-state index contributed by atoms with van der Waals surface area (Å²) in [6.45, 7) is 5.94. The smallest absolute Gasteiger partial charge is 0.401 e. The van der Waals surface area contributed by atoms with Crippen LogP contribution in [0.2, 0.25) is 0 Å². The number of aromatic nitrogens is 3. The van der Waals surface area contributed by atoms with Crippen LogP contribution < -0.4 is 5.59 Å². The van der Waals surface area contributed by atoms with E-state index in [9.17, 15) is 4.39 Å². The molecule has 7 heteroatoms. The van der Waals surface area contributed by atoms with Crippen LogP contribution >= 0.6 is 0 Å². The third-order valence-corrected chi connectivity index (χ3v) is 7.35. The summed E-state index contributed by atoms with van der Waals surface area (Å²) in [5.74, 6) is -0.441. The molecule has 0 aliphatic carbocycles. The molecule has 1 aliphatic heterocycles. The largest absolute Gasteiger partial charge is 0.516 e. The average Bonchev–Trinajstić information content (AvgIpc) is 3.42. The minimum atomic E-state index is -0.898. The molecule has 1 unspecified atom stereocenters. The standard InChI is InChI=1S/C30H27BFN3O2/c1-21-29(2,3)37-31(36-21)27-26-19-25(32)20-33-28(26)35(34-27)30(22-13-7-4-8-14-22,23-15-9-5-10-16-23)24-17-11-6-12-18-24/h4-21H,1-3H3. The van der Waals surface area contributed by atoms with Gasteiger partial charge in [0, 0.05) is 5.39 Å². The van der Waals surface area contributed by atoms with Gasteiger partial charge in [-0.15, -0.1) is 0 Å². The van der Waals surface area contributed by atoms with Gasteiger partial charge in [-0.25, -0.2) is 14.1 Å². The normalized spacial score (nSPS) is 17.4. The summed E-state index contributed by atoms with van der Waals surface area (Å²) < 4.78 is 29.0. The minimum absolute atomic E-state index is 0.165. The first-order valence-corrected chi connectivity index (χ1v) is 12.5. The van der Waals surface area contributed by atoms with E-state index >= 15 is 0 Å². The quantitative estimate of drug-likeness (QED) is 0.247. The molecule has 0 bridgehead atoms. The molecule has 3 heterocycles. The summed E-state index contributed by atoms with van der Waals surface area (Å²) >= 11 is 0. The molecule has 3 aromatic carbocycles. The van der Waals surface area contributed by atoms with Gasteiger partial charge in [-0.2, -0.15) is 5.10 Å². The van der Waals surface area contributed by atoms with Crippen LogP contribution in [0.5, 0.6) is 0 Å². The molecule has 5 aromatic rings. The van der Waals surface area contributed by atoms with Crippen molar-refractivity contribution in [1.29, 1.82) is 0 Å². The summed E-state index contributed by atoms with van der Waals surface area (Å²) in [6, 6.07) is 32.1. The summed E-state index contributed by atoms with van der Waals surface area (Å²) in [4.78, 5) is 4.58. The van der Waals surface area contributed by atoms with E-state index in [2.05, 4.69) is 41.4 Å². The van der Waals surface area contributed by atoms with Crippen LogP contribution in [-0.2, 0) is 14.8 Å². The molecule has 1 aliphatic rings. The van der Waals surface area contributed by atoms with E-state index in [0.29, 0.717) is 16.6 Å². The van der Waals surface area contributed by atoms with Crippen molar-refractivity contribution < 1.29 is 13.7 Å². The summed E-state index contributed by atoms with van der Waals surface area (Å²) in [6.07, 6.45) is 1.07. The van der Waals surface area contributed by atoms with Gasteiger partial charge in [0.2, 0.25) is 0 Å². The van der Waals surface area contributed by atoms with Crippen LogP contribution in [0.15, 0.2) is 103 Å². The Kier molecular flexibility index (Phi) is 5.70. The summed E-state index contributed by atoms with van der Waals surface area (Å²) in [5.41, 5.74) is 2.62. The van der Waals surface area contributed by atoms with E-state index in [1.807, 2.05) is 80.1 Å². The molecule has 1 fully saturated rings. The first-order chi connectivity index (χ1) is 17.9. The fourth-order valence-corrected chi connectivity index (χ4v) is 5.18. The number of halogens is 1. The van der Waals surface area contributed by atoms with E-state index in [0.717, 1.165) is 16.7 Å². The van der Waals surface area contributed by atoms with Gasteiger partial charge < -0.3 is 9.31 Å². The highest BCUT2D eigenvalue weighted by Gasteiger charge is 2.48. The lowest BCUT2D eigenvalue weighted by Crippen LogP contribution is -2.41. The molecular formula is C30H27BFN3O2. The highest BCUT2D eigenvalue weighted by atomic mass is 19.1. The van der Waals surface area contributed by atoms with Crippen LogP contribution in [-0.4, -0.2) is 33.6 Å². The zero-order chi connectivity index (χ0) is 25.6. The zero-order valence-electron chi connectivity index (χ0n) is 21.0. The van der Waals surface area contributed by atoms with Crippen LogP contribution in [0, 0.1) is 5.82 Å². The first-order valence-electron chi connectivity index (χ1n) is 12.5. The Balaban J connectivity index is 1.72. The Morgan fingerprint density at radius 3 is 1.84 bits per heavy atom. The minimum Gasteiger partial charge on any atom is -0.401 e. The second kappa shape index (κ2) is 8.94. The second-order valence-corrected chi connectivity index (χ2v) is 9.96. The van der Waals surface area contributed by atoms with Crippen molar-refractivity contribution in [3.8, 4) is 0 Å². The monoisotopic (exact) mass is 491 g/mol. The van der Waals surface area contributed by atoms with Crippen molar-refractivity contribution in [3.05, 3.63) is 126 Å². The average molecular weight is 491 g/mol. The van der Waals surface area contributed by atoms with Gasteiger partial charge in [0.05, 0.1) is 17.9 Å². The third kappa shape index (κ3) is 3.77. The Hall–Kier alpha value is -3.81. The molecule has 6 rings (SSSR count). The molecule has 0 amide bonds. The van der Waals surface area contributed by atoms with Crippen molar-refractivity contribution in [2.45, 2.75) is 38.0 Å². The number of hydrogen-bond acceptors (Lipinski definition) is 4. The maximum atomic E-state index is 14.6. The maximum absolute atomic E-state index is 14.6. The molecule has 184 valence electrons. The molecule has 0 N–H and O–H groups in total. The van der Waals surface area contributed by atoms with E-state index in [4.69, 9.17) is 14.4 Å². The van der Waals surface area contributed by atoms with E-state index in [1.165, 1.54) is 12.3 Å². The van der Waals surface area contributed by atoms with Gasteiger partial charge in [-0.3, -0.25) is 0 Å². The lowest BCUT2D eigenvalue weighted by Gasteiger charge is -2.36. The molecule has 1 saturated heterocycles. The molecular weight excluding hydrogens is 464 g/mol. The second-order valence-electron chi connectivity index (χ2n) is 9.96. The van der Waals surface area contributed by atoms with E-state index in [1.54, 1.807) is 0 Å². The number of hydrogen-bond donors (Lipinski definition) is 0. The molecule has 0 spiro atoms. The van der Waals surface area contributed by atoms with E-state index in [-0.39, 0.29) is 6.10 Å². The van der Waals surface area contributed by atoms with Crippen molar-refractivity contribution in [2.24, 2.45) is 0 Å². The SMILES string of the molecule is CC1OB(c2nn(C(c3ccccc3)(c3ccccc3)c3ccccc3)c3ncc(F)cc23)OC1(C)C. The van der Waals surface area contributed by atoms with Crippen LogP contribution in [0.25, 0.3) is 11.0 Å². The Morgan fingerprint density at radius 1 is 0.865 bits per heavy atom. The van der Waals surface area contributed by atoms with Crippen LogP contribution in [0.1, 0.15) is 37.5 Å². The zero-order valence-corrected chi connectivity index (χ0v) is 21.0. The van der Waals surface area contributed by atoms with Gasteiger partial charge in [0.1, 0.15) is 16.9 Å². The molecule has 1 atom stereocenters. The summed E-state index contributed by atoms with van der Waals surface area (Å²) in [7, 11) is -0.752. The highest BCUT2D eigenvalue weighted by molar-refractivity contribution is 6.64. The highest BCUT2D eigenvalue weighted by Crippen LogP contribution is 2.42. The van der Waals surface area contributed by atoms with Crippen LogP contribution in [0.3, 0.4) is 0 Å². The van der Waals surface area contributed by atoms with Crippen molar-refractivity contribution in [2.75, 3.05) is 0 Å². The summed E-state index contributed by atoms with van der Waals surface area (Å²) in [5, 5.41) is 5.71. The Morgan fingerprint density at radius 2 is 1.38 bits per heavy atom. The Labute approximate surface area is 216 Å². The fraction of sp³-hybridized carbons (Fsp3) is 0.200. The molecule has 2 aromatic heterocycles. The molecule has 0 saturated carbocycles. The maximum Gasteiger partial charge on any atom is 0.516 e. The van der Waals surface area contributed by atoms with Gasteiger partial charge in [0.15, 0.2) is 5.65 Å². The first kappa shape index (κ1) is 23.6. The number of benzene rings is 3. The van der Waals surface area contributed by atoms with Crippen molar-refractivity contribution in [3.63, 3.8) is 0 Å². The van der Waals surface area contributed by atoms with Crippen molar-refractivity contribution in [1.82, 2.24) is 14.8 Å². The van der Waals surface area contributed by atoms with Gasteiger partial charge >= 0.3 is 7.12 Å². The molecule has 37 heavy (non-hydrogen) atoms. The lowest BCUT2D eigenvalue weighted by atomic mass is 9.77. The third-order valence-electron chi connectivity index (χ3n) is 7.35. The topological polar surface area (TPSA) is 49.2 Å². The lowest BCUT2D eigenvalue weighted by molar-refractivity contribution is 0.0842. The van der Waals surface area contributed by atoms with E-state index < -0.39 is 24.1 Å². The number of pyridine rings is 1. The Bertz CT molecular complexity index is 1440. The van der Waals surface area contributed by atoms with Gasteiger partial charge in [0.25, 0.3) is 0 Å². The van der Waals surface area contributed by atoms with Crippen LogP contribution in [0.4, 0.5) is 4.39 Å². The molecule has 5 nitrogen and oxygen atoms in total. The predicted molar refractivity (Wildman–Crippen MR) is 143 cm³/mol.